The second-order valence-electron chi connectivity index (χ2n) is 6.26. The summed E-state index contributed by atoms with van der Waals surface area (Å²) < 4.78 is 0. The molecule has 21 heavy (non-hydrogen) atoms. The maximum Gasteiger partial charge on any atom is 0.303 e. The number of aliphatic carboxylic acids is 1. The van der Waals surface area contributed by atoms with Crippen molar-refractivity contribution in [1.29, 1.82) is 0 Å². The van der Waals surface area contributed by atoms with Gasteiger partial charge in [0.05, 0.1) is 0 Å². The maximum atomic E-state index is 10.4. The second kappa shape index (κ2) is 16.2. The molecule has 0 aromatic rings. The molecule has 0 rings (SSSR count). The summed E-state index contributed by atoms with van der Waals surface area (Å²) >= 11 is 4.66. The fourth-order valence-corrected chi connectivity index (χ4v) is 3.03. The third-order valence-corrected chi connectivity index (χ3v) is 4.59. The van der Waals surface area contributed by atoms with E-state index in [2.05, 4.69) is 19.6 Å². The number of carbonyl (C=O) groups is 1. The van der Waals surface area contributed by atoms with Crippen LogP contribution in [0.25, 0.3) is 0 Å². The molecule has 126 valence electrons. The van der Waals surface area contributed by atoms with Gasteiger partial charge in [-0.25, -0.2) is 0 Å². The lowest BCUT2D eigenvalue weighted by Crippen LogP contribution is -1.99. The van der Waals surface area contributed by atoms with Crippen molar-refractivity contribution in [2.75, 3.05) is 0 Å². The van der Waals surface area contributed by atoms with Crippen molar-refractivity contribution in [1.82, 2.24) is 0 Å². The Morgan fingerprint density at radius 3 is 1.71 bits per heavy atom. The molecule has 0 aliphatic heterocycles. The summed E-state index contributed by atoms with van der Waals surface area (Å²) in [6.07, 6.45) is 18.0. The molecule has 2 nitrogen and oxygen atoms in total. The Morgan fingerprint density at radius 2 is 1.24 bits per heavy atom. The van der Waals surface area contributed by atoms with Gasteiger partial charge in [-0.15, -0.1) is 0 Å². The van der Waals surface area contributed by atoms with Crippen molar-refractivity contribution in [3.05, 3.63) is 0 Å². The zero-order valence-electron chi connectivity index (χ0n) is 14.0. The Labute approximate surface area is 137 Å². The van der Waals surface area contributed by atoms with Crippen LogP contribution in [0.1, 0.15) is 103 Å². The minimum Gasteiger partial charge on any atom is -0.481 e. The summed E-state index contributed by atoms with van der Waals surface area (Å²) in [7, 11) is 0. The molecule has 0 aliphatic carbocycles. The normalized spacial score (nSPS) is 12.5. The molecule has 0 aromatic heterocycles. The van der Waals surface area contributed by atoms with Gasteiger partial charge in [-0.3, -0.25) is 4.79 Å². The largest absolute Gasteiger partial charge is 0.481 e. The number of hydrogen-bond acceptors (Lipinski definition) is 2. The van der Waals surface area contributed by atoms with E-state index in [0.29, 0.717) is 11.7 Å². The molecule has 0 saturated carbocycles. The average molecular weight is 317 g/mol. The fourth-order valence-electron chi connectivity index (χ4n) is 2.67. The van der Waals surface area contributed by atoms with Crippen LogP contribution >= 0.6 is 12.6 Å². The van der Waals surface area contributed by atoms with Crippen LogP contribution in [0, 0.1) is 0 Å². The monoisotopic (exact) mass is 316 g/mol. The summed E-state index contributed by atoms with van der Waals surface area (Å²) in [5, 5.41) is 9.09. The second-order valence-corrected chi connectivity index (χ2v) is 6.99. The van der Waals surface area contributed by atoms with Gasteiger partial charge in [-0.1, -0.05) is 77.6 Å². The summed E-state index contributed by atoms with van der Waals surface area (Å²) in [4.78, 5) is 10.4. The Bertz CT molecular complexity index is 231. The number of unbranched alkanes of at least 4 members (excludes halogenated alkanes) is 10. The molecule has 0 spiro atoms. The van der Waals surface area contributed by atoms with E-state index >= 15 is 0 Å². The van der Waals surface area contributed by atoms with Gasteiger partial charge in [0.2, 0.25) is 0 Å². The first-order chi connectivity index (χ1) is 10.2. The molecule has 0 saturated heterocycles. The van der Waals surface area contributed by atoms with Crippen molar-refractivity contribution in [2.45, 2.75) is 108 Å². The third kappa shape index (κ3) is 17.8. The number of thiol groups is 1. The smallest absolute Gasteiger partial charge is 0.303 e. The van der Waals surface area contributed by atoms with Crippen LogP contribution in [0.2, 0.25) is 0 Å². The van der Waals surface area contributed by atoms with Gasteiger partial charge < -0.3 is 5.11 Å². The zero-order chi connectivity index (χ0) is 15.8. The highest BCUT2D eigenvalue weighted by molar-refractivity contribution is 7.80. The van der Waals surface area contributed by atoms with Crippen LogP contribution in [0.5, 0.6) is 0 Å². The Morgan fingerprint density at radius 1 is 0.810 bits per heavy atom. The highest BCUT2D eigenvalue weighted by Gasteiger charge is 2.03. The van der Waals surface area contributed by atoms with Gasteiger partial charge >= 0.3 is 5.97 Å². The van der Waals surface area contributed by atoms with Gasteiger partial charge in [0, 0.05) is 11.7 Å². The highest BCUT2D eigenvalue weighted by Crippen LogP contribution is 2.17. The fraction of sp³-hybridized carbons (Fsp3) is 0.944. The lowest BCUT2D eigenvalue weighted by atomic mass is 10.0. The topological polar surface area (TPSA) is 37.3 Å². The number of carboxylic acid groups (broad SMARTS) is 1. The number of rotatable bonds is 16. The first-order valence-electron chi connectivity index (χ1n) is 9.06. The average Bonchev–Trinajstić information content (AvgIpc) is 2.45. The van der Waals surface area contributed by atoms with E-state index in [9.17, 15) is 4.79 Å². The van der Waals surface area contributed by atoms with Crippen molar-refractivity contribution in [3.8, 4) is 0 Å². The highest BCUT2D eigenvalue weighted by atomic mass is 32.1. The minimum atomic E-state index is -0.670. The van der Waals surface area contributed by atoms with Crippen LogP contribution in [0.3, 0.4) is 0 Å². The predicted octanol–water partition coefficient (Wildman–Crippen LogP) is 6.24. The van der Waals surface area contributed by atoms with Crippen molar-refractivity contribution in [2.24, 2.45) is 0 Å². The molecule has 3 heteroatoms. The van der Waals surface area contributed by atoms with Gasteiger partial charge in [0.1, 0.15) is 0 Å². The Kier molecular flexibility index (Phi) is 16.1. The van der Waals surface area contributed by atoms with E-state index in [1.54, 1.807) is 0 Å². The Balaban J connectivity index is 3.16. The molecule has 1 unspecified atom stereocenters. The van der Waals surface area contributed by atoms with E-state index in [1.165, 1.54) is 70.6 Å². The molecular weight excluding hydrogens is 280 g/mol. The van der Waals surface area contributed by atoms with Crippen molar-refractivity contribution < 1.29 is 9.90 Å². The molecule has 1 atom stereocenters. The van der Waals surface area contributed by atoms with Gasteiger partial charge in [-0.05, 0) is 19.3 Å². The first-order valence-corrected chi connectivity index (χ1v) is 9.58. The molecule has 0 radical (unpaired) electrons. The van der Waals surface area contributed by atoms with E-state index in [1.807, 2.05) is 0 Å². The van der Waals surface area contributed by atoms with Crippen LogP contribution in [-0.2, 0) is 4.79 Å². The standard InChI is InChI=1S/C18H36O2S/c1-2-3-4-5-6-7-8-11-14-17(21)15-12-9-10-13-16-18(19)20/h17,21H,2-16H2,1H3,(H,19,20). The number of hydrogen-bond donors (Lipinski definition) is 2. The number of carboxylic acids is 1. The molecule has 0 amide bonds. The van der Waals surface area contributed by atoms with Crippen LogP contribution in [0.4, 0.5) is 0 Å². The third-order valence-electron chi connectivity index (χ3n) is 4.07. The maximum absolute atomic E-state index is 10.4. The predicted molar refractivity (Wildman–Crippen MR) is 95.3 cm³/mol. The van der Waals surface area contributed by atoms with Crippen molar-refractivity contribution in [3.63, 3.8) is 0 Å². The summed E-state index contributed by atoms with van der Waals surface area (Å²) in [6.45, 7) is 2.26. The molecule has 0 aliphatic rings. The summed E-state index contributed by atoms with van der Waals surface area (Å²) in [5.74, 6) is -0.670. The van der Waals surface area contributed by atoms with Gasteiger partial charge in [-0.2, -0.15) is 12.6 Å². The van der Waals surface area contributed by atoms with Gasteiger partial charge in [0.25, 0.3) is 0 Å². The summed E-state index contributed by atoms with van der Waals surface area (Å²) in [6, 6.07) is 0. The minimum absolute atomic E-state index is 0.322. The van der Waals surface area contributed by atoms with E-state index < -0.39 is 5.97 Å². The molecule has 1 N–H and O–H groups in total. The molecule has 0 bridgehead atoms. The van der Waals surface area contributed by atoms with E-state index in [0.717, 1.165) is 19.3 Å². The molecular formula is C18H36O2S. The molecule has 0 heterocycles. The lowest BCUT2D eigenvalue weighted by Gasteiger charge is -2.10. The van der Waals surface area contributed by atoms with Crippen molar-refractivity contribution >= 4 is 18.6 Å². The molecule has 0 aromatic carbocycles. The first kappa shape index (κ1) is 20.8. The van der Waals surface area contributed by atoms with Gasteiger partial charge in [0.15, 0.2) is 0 Å². The Hall–Kier alpha value is -0.180. The molecule has 0 fully saturated rings. The summed E-state index contributed by atoms with van der Waals surface area (Å²) in [5.41, 5.74) is 0. The quantitative estimate of drug-likeness (QED) is 0.261. The zero-order valence-corrected chi connectivity index (χ0v) is 14.9. The SMILES string of the molecule is CCCCCCCCCCC(S)CCCCCCC(=O)O. The van der Waals surface area contributed by atoms with Crippen LogP contribution in [-0.4, -0.2) is 16.3 Å². The van der Waals surface area contributed by atoms with E-state index in [-0.39, 0.29) is 0 Å². The van der Waals surface area contributed by atoms with E-state index in [4.69, 9.17) is 5.11 Å². The van der Waals surface area contributed by atoms with Crippen LogP contribution in [0.15, 0.2) is 0 Å². The lowest BCUT2D eigenvalue weighted by molar-refractivity contribution is -0.137. The van der Waals surface area contributed by atoms with Crippen LogP contribution < -0.4 is 0 Å².